The van der Waals surface area contributed by atoms with Crippen LogP contribution in [0.4, 0.5) is 0 Å². The van der Waals surface area contributed by atoms with Crippen molar-refractivity contribution in [3.63, 3.8) is 0 Å². The third-order valence-corrected chi connectivity index (χ3v) is 2.52. The summed E-state index contributed by atoms with van der Waals surface area (Å²) >= 11 is 3.42. The van der Waals surface area contributed by atoms with Crippen LogP contribution in [-0.2, 0) is 6.42 Å². The van der Waals surface area contributed by atoms with E-state index < -0.39 is 0 Å². The van der Waals surface area contributed by atoms with E-state index in [4.69, 9.17) is 4.42 Å². The molecule has 1 heterocycles. The number of aromatic nitrogens is 2. The Morgan fingerprint density at radius 2 is 2.33 bits per heavy atom. The molecule has 1 aromatic carbocycles. The van der Waals surface area contributed by atoms with Gasteiger partial charge < -0.3 is 4.42 Å². The Morgan fingerprint density at radius 1 is 1.47 bits per heavy atom. The molecule has 15 heavy (non-hydrogen) atoms. The molecule has 76 valence electrons. The van der Waals surface area contributed by atoms with Gasteiger partial charge in [0.1, 0.15) is 0 Å². The van der Waals surface area contributed by atoms with Gasteiger partial charge in [0.15, 0.2) is 0 Å². The number of nitrogens with zero attached hydrogens (tertiary/aromatic N) is 2. The number of allylic oxidation sites excluding steroid dienone is 1. The number of halogens is 1. The van der Waals surface area contributed by atoms with Gasteiger partial charge in [-0.2, -0.15) is 0 Å². The van der Waals surface area contributed by atoms with Crippen molar-refractivity contribution < 1.29 is 4.42 Å². The van der Waals surface area contributed by atoms with E-state index in [2.05, 4.69) is 32.7 Å². The smallest absolute Gasteiger partial charge is 0.247 e. The highest BCUT2D eigenvalue weighted by atomic mass is 79.9. The van der Waals surface area contributed by atoms with Crippen LogP contribution in [0, 0.1) is 0 Å². The SMILES string of the molecule is C=CCc1ccc(Br)cc1-c1nnco1. The normalized spacial score (nSPS) is 10.2. The Labute approximate surface area is 96.0 Å². The highest BCUT2D eigenvalue weighted by Gasteiger charge is 2.09. The second-order valence-corrected chi connectivity index (χ2v) is 3.95. The fourth-order valence-corrected chi connectivity index (χ4v) is 1.73. The molecule has 3 nitrogen and oxygen atoms in total. The van der Waals surface area contributed by atoms with Crippen LogP contribution < -0.4 is 0 Å². The van der Waals surface area contributed by atoms with E-state index in [-0.39, 0.29) is 0 Å². The summed E-state index contributed by atoms with van der Waals surface area (Å²) in [7, 11) is 0. The summed E-state index contributed by atoms with van der Waals surface area (Å²) in [5.74, 6) is 0.535. The fourth-order valence-electron chi connectivity index (χ4n) is 1.37. The zero-order valence-corrected chi connectivity index (χ0v) is 9.57. The molecule has 0 amide bonds. The Kier molecular flexibility index (Phi) is 2.97. The molecule has 0 fully saturated rings. The first-order valence-corrected chi connectivity index (χ1v) is 5.26. The minimum absolute atomic E-state index is 0.535. The maximum absolute atomic E-state index is 5.18. The first-order chi connectivity index (χ1) is 7.31. The molecule has 0 aliphatic rings. The van der Waals surface area contributed by atoms with Crippen LogP contribution in [0.15, 0.2) is 46.1 Å². The molecule has 0 spiro atoms. The van der Waals surface area contributed by atoms with Gasteiger partial charge in [-0.1, -0.05) is 28.1 Å². The molecule has 0 atom stereocenters. The third kappa shape index (κ3) is 2.15. The van der Waals surface area contributed by atoms with E-state index in [0.717, 1.165) is 22.0 Å². The predicted molar refractivity (Wildman–Crippen MR) is 61.3 cm³/mol. The molecule has 2 aromatic rings. The molecule has 0 saturated heterocycles. The minimum Gasteiger partial charge on any atom is -0.423 e. The van der Waals surface area contributed by atoms with Gasteiger partial charge in [0.2, 0.25) is 12.3 Å². The lowest BCUT2D eigenvalue weighted by molar-refractivity contribution is 0.568. The molecular formula is C11H9BrN2O. The summed E-state index contributed by atoms with van der Waals surface area (Å²) in [4.78, 5) is 0. The van der Waals surface area contributed by atoms with Gasteiger partial charge >= 0.3 is 0 Å². The number of hydrogen-bond donors (Lipinski definition) is 0. The lowest BCUT2D eigenvalue weighted by Gasteiger charge is -2.03. The van der Waals surface area contributed by atoms with E-state index in [1.54, 1.807) is 0 Å². The molecule has 0 aliphatic carbocycles. The topological polar surface area (TPSA) is 38.9 Å². The van der Waals surface area contributed by atoms with Crippen molar-refractivity contribution in [2.24, 2.45) is 0 Å². The highest BCUT2D eigenvalue weighted by Crippen LogP contribution is 2.26. The lowest BCUT2D eigenvalue weighted by atomic mass is 10.0. The molecule has 0 bridgehead atoms. The summed E-state index contributed by atoms with van der Waals surface area (Å²) in [6, 6.07) is 5.97. The number of hydrogen-bond acceptors (Lipinski definition) is 3. The first-order valence-electron chi connectivity index (χ1n) is 4.47. The van der Waals surface area contributed by atoms with Crippen molar-refractivity contribution >= 4 is 15.9 Å². The van der Waals surface area contributed by atoms with Gasteiger partial charge in [0, 0.05) is 10.0 Å². The van der Waals surface area contributed by atoms with Gasteiger partial charge in [0.25, 0.3) is 0 Å². The molecule has 0 saturated carbocycles. The lowest BCUT2D eigenvalue weighted by Crippen LogP contribution is -1.88. The maximum Gasteiger partial charge on any atom is 0.247 e. The predicted octanol–water partition coefficient (Wildman–Crippen LogP) is 3.23. The minimum atomic E-state index is 0.535. The Balaban J connectivity index is 2.52. The summed E-state index contributed by atoms with van der Waals surface area (Å²) < 4.78 is 6.17. The second-order valence-electron chi connectivity index (χ2n) is 3.04. The van der Waals surface area contributed by atoms with Crippen LogP contribution in [0.25, 0.3) is 11.5 Å². The van der Waals surface area contributed by atoms with Crippen molar-refractivity contribution in [2.75, 3.05) is 0 Å². The standard InChI is InChI=1S/C11H9BrN2O/c1-2-3-8-4-5-9(12)6-10(8)11-14-13-7-15-11/h2,4-7H,1,3H2. The molecule has 0 N–H and O–H groups in total. The maximum atomic E-state index is 5.18. The first kappa shape index (κ1) is 10.1. The van der Waals surface area contributed by atoms with Crippen LogP contribution in [0.3, 0.4) is 0 Å². The summed E-state index contributed by atoms with van der Waals surface area (Å²) in [6.45, 7) is 3.72. The van der Waals surface area contributed by atoms with Crippen LogP contribution in [0.2, 0.25) is 0 Å². The van der Waals surface area contributed by atoms with Crippen LogP contribution >= 0.6 is 15.9 Å². The zero-order valence-electron chi connectivity index (χ0n) is 7.98. The van der Waals surface area contributed by atoms with Crippen molar-refractivity contribution in [3.05, 3.63) is 47.3 Å². The molecule has 2 rings (SSSR count). The van der Waals surface area contributed by atoms with Gasteiger partial charge in [0.05, 0.1) is 0 Å². The van der Waals surface area contributed by atoms with Gasteiger partial charge in [-0.3, -0.25) is 0 Å². The average Bonchev–Trinajstić information content (AvgIpc) is 2.74. The summed E-state index contributed by atoms with van der Waals surface area (Å²) in [5.41, 5.74) is 2.07. The average molecular weight is 265 g/mol. The van der Waals surface area contributed by atoms with Gasteiger partial charge in [-0.25, -0.2) is 0 Å². The van der Waals surface area contributed by atoms with E-state index in [1.165, 1.54) is 6.39 Å². The van der Waals surface area contributed by atoms with Gasteiger partial charge in [-0.05, 0) is 24.1 Å². The highest BCUT2D eigenvalue weighted by molar-refractivity contribution is 9.10. The summed E-state index contributed by atoms with van der Waals surface area (Å²) in [5, 5.41) is 7.57. The van der Waals surface area contributed by atoms with E-state index in [0.29, 0.717) is 5.89 Å². The molecule has 0 unspecified atom stereocenters. The monoisotopic (exact) mass is 264 g/mol. The van der Waals surface area contributed by atoms with Crippen molar-refractivity contribution in [2.45, 2.75) is 6.42 Å². The molecule has 4 heteroatoms. The van der Waals surface area contributed by atoms with Crippen LogP contribution in [0.1, 0.15) is 5.56 Å². The van der Waals surface area contributed by atoms with Crippen molar-refractivity contribution in [1.29, 1.82) is 0 Å². The van der Waals surface area contributed by atoms with Crippen molar-refractivity contribution in [1.82, 2.24) is 10.2 Å². The van der Waals surface area contributed by atoms with Crippen LogP contribution in [-0.4, -0.2) is 10.2 Å². The van der Waals surface area contributed by atoms with E-state index in [1.807, 2.05) is 24.3 Å². The number of benzene rings is 1. The quantitative estimate of drug-likeness (QED) is 0.800. The number of rotatable bonds is 3. The van der Waals surface area contributed by atoms with E-state index in [9.17, 15) is 0 Å². The summed E-state index contributed by atoms with van der Waals surface area (Å²) in [6.07, 6.45) is 3.96. The van der Waals surface area contributed by atoms with Crippen molar-refractivity contribution in [3.8, 4) is 11.5 Å². The molecule has 0 radical (unpaired) electrons. The second kappa shape index (κ2) is 4.40. The Hall–Kier alpha value is -1.42. The third-order valence-electron chi connectivity index (χ3n) is 2.03. The molecule has 0 aliphatic heterocycles. The van der Waals surface area contributed by atoms with E-state index >= 15 is 0 Å². The molecular weight excluding hydrogens is 256 g/mol. The molecule has 1 aromatic heterocycles. The van der Waals surface area contributed by atoms with Gasteiger partial charge in [-0.15, -0.1) is 16.8 Å². The van der Waals surface area contributed by atoms with Crippen LogP contribution in [0.5, 0.6) is 0 Å². The Bertz CT molecular complexity index is 465. The largest absolute Gasteiger partial charge is 0.423 e. The Morgan fingerprint density at radius 3 is 3.00 bits per heavy atom. The fraction of sp³-hybridized carbons (Fsp3) is 0.0909. The zero-order chi connectivity index (χ0) is 10.7.